The average molecular weight is 284 g/mol. The topological polar surface area (TPSA) is 61.8 Å². The zero-order valence-corrected chi connectivity index (χ0v) is 12.0. The second-order valence-electron chi connectivity index (χ2n) is 4.54. The zero-order valence-electron chi connectivity index (χ0n) is 12.0. The summed E-state index contributed by atoms with van der Waals surface area (Å²) in [7, 11) is 0. The molecule has 2 amide bonds. The smallest absolute Gasteiger partial charge is 0.321 e. The molecule has 1 rings (SSSR count). The van der Waals surface area contributed by atoms with Crippen LogP contribution in [0.1, 0.15) is 20.8 Å². The number of aliphatic hydroxyl groups is 1. The molecule has 0 heterocycles. The Kier molecular flexibility index (Phi) is 6.24. The average Bonchev–Trinajstić information content (AvgIpc) is 2.38. The highest BCUT2D eigenvalue weighted by molar-refractivity contribution is 5.89. The molecule has 6 heteroatoms. The molecule has 2 N–H and O–H groups in total. The summed E-state index contributed by atoms with van der Waals surface area (Å²) < 4.78 is 19.2. The number of rotatable bonds is 6. The van der Waals surface area contributed by atoms with Crippen LogP contribution in [0.15, 0.2) is 18.2 Å². The minimum Gasteiger partial charge on any atom is -0.491 e. The van der Waals surface area contributed by atoms with Crippen molar-refractivity contribution in [2.24, 2.45) is 0 Å². The first-order chi connectivity index (χ1) is 9.47. The lowest BCUT2D eigenvalue weighted by molar-refractivity contribution is 0.192. The first-order valence-electron chi connectivity index (χ1n) is 6.61. The zero-order chi connectivity index (χ0) is 15.1. The van der Waals surface area contributed by atoms with Crippen LogP contribution in [0.2, 0.25) is 0 Å². The molecule has 20 heavy (non-hydrogen) atoms. The number of urea groups is 1. The summed E-state index contributed by atoms with van der Waals surface area (Å²) in [4.78, 5) is 13.2. The van der Waals surface area contributed by atoms with Gasteiger partial charge in [-0.15, -0.1) is 0 Å². The molecule has 1 aromatic carbocycles. The number of carbonyl (C=O) groups is 1. The lowest BCUT2D eigenvalue weighted by atomic mass is 10.3. The largest absolute Gasteiger partial charge is 0.491 e. The van der Waals surface area contributed by atoms with E-state index in [1.54, 1.807) is 13.0 Å². The maximum atomic E-state index is 13.9. The second kappa shape index (κ2) is 7.69. The van der Waals surface area contributed by atoms with Gasteiger partial charge in [-0.3, -0.25) is 0 Å². The van der Waals surface area contributed by atoms with E-state index in [0.29, 0.717) is 12.3 Å². The summed E-state index contributed by atoms with van der Waals surface area (Å²) >= 11 is 0. The Labute approximate surface area is 118 Å². The number of aliphatic hydroxyl groups excluding tert-OH is 1. The monoisotopic (exact) mass is 284 g/mol. The van der Waals surface area contributed by atoms with Gasteiger partial charge in [0, 0.05) is 19.2 Å². The normalized spacial score (nSPS) is 10.5. The lowest BCUT2D eigenvalue weighted by Gasteiger charge is -2.20. The number of carbonyl (C=O) groups excluding carboxylic acids is 1. The molecule has 0 atom stereocenters. The van der Waals surface area contributed by atoms with E-state index in [2.05, 4.69) is 5.32 Å². The highest BCUT2D eigenvalue weighted by Crippen LogP contribution is 2.21. The molecular weight excluding hydrogens is 263 g/mol. The molecular formula is C14H21FN2O3. The number of hydrogen-bond donors (Lipinski definition) is 2. The second-order valence-corrected chi connectivity index (χ2v) is 4.54. The van der Waals surface area contributed by atoms with E-state index in [1.165, 1.54) is 17.0 Å². The van der Waals surface area contributed by atoms with Gasteiger partial charge in [-0.25, -0.2) is 9.18 Å². The number of hydrogen-bond acceptors (Lipinski definition) is 3. The number of likely N-dealkylation sites (N-methyl/N-ethyl adjacent to an activating group) is 1. The van der Waals surface area contributed by atoms with Crippen molar-refractivity contribution in [3.05, 3.63) is 24.0 Å². The Hall–Kier alpha value is -1.82. The Morgan fingerprint density at radius 3 is 2.70 bits per heavy atom. The minimum absolute atomic E-state index is 0.0463. The van der Waals surface area contributed by atoms with Crippen molar-refractivity contribution < 1.29 is 19.0 Å². The highest BCUT2D eigenvalue weighted by Gasteiger charge is 2.13. The van der Waals surface area contributed by atoms with Crippen LogP contribution in [0.25, 0.3) is 0 Å². The van der Waals surface area contributed by atoms with Gasteiger partial charge >= 0.3 is 6.03 Å². The van der Waals surface area contributed by atoms with Gasteiger partial charge in [0.2, 0.25) is 0 Å². The summed E-state index contributed by atoms with van der Waals surface area (Å²) in [6, 6.07) is 3.84. The number of amides is 2. The number of anilines is 1. The number of nitrogens with one attached hydrogen (secondary N) is 1. The summed E-state index contributed by atoms with van der Waals surface area (Å²) in [5, 5.41) is 11.3. The van der Waals surface area contributed by atoms with E-state index in [-0.39, 0.29) is 24.9 Å². The number of ether oxygens (including phenoxy) is 1. The van der Waals surface area contributed by atoms with E-state index >= 15 is 0 Å². The fourth-order valence-corrected chi connectivity index (χ4v) is 1.66. The molecule has 112 valence electrons. The summed E-state index contributed by atoms with van der Waals surface area (Å²) in [5.74, 6) is -0.144. The van der Waals surface area contributed by atoms with Crippen LogP contribution in [-0.4, -0.2) is 41.8 Å². The fraction of sp³-hybridized carbons (Fsp3) is 0.500. The highest BCUT2D eigenvalue weighted by atomic mass is 19.1. The van der Waals surface area contributed by atoms with Crippen LogP contribution < -0.4 is 10.1 Å². The van der Waals surface area contributed by atoms with Gasteiger partial charge in [0.25, 0.3) is 0 Å². The molecule has 0 unspecified atom stereocenters. The molecule has 0 radical (unpaired) electrons. The third kappa shape index (κ3) is 4.70. The van der Waals surface area contributed by atoms with Crippen molar-refractivity contribution in [1.29, 1.82) is 0 Å². The third-order valence-electron chi connectivity index (χ3n) is 2.59. The number of halogens is 1. The Bertz CT molecular complexity index is 452. The van der Waals surface area contributed by atoms with Gasteiger partial charge in [0.1, 0.15) is 11.6 Å². The fourth-order valence-electron chi connectivity index (χ4n) is 1.66. The van der Waals surface area contributed by atoms with Crippen molar-refractivity contribution in [3.8, 4) is 5.75 Å². The third-order valence-corrected chi connectivity index (χ3v) is 2.59. The summed E-state index contributed by atoms with van der Waals surface area (Å²) in [6.07, 6.45) is -0.0463. The van der Waals surface area contributed by atoms with Crippen molar-refractivity contribution in [1.82, 2.24) is 4.90 Å². The summed E-state index contributed by atoms with van der Waals surface area (Å²) in [5.41, 5.74) is 0.0856. The van der Waals surface area contributed by atoms with Crippen molar-refractivity contribution >= 4 is 11.7 Å². The Morgan fingerprint density at radius 2 is 2.20 bits per heavy atom. The van der Waals surface area contributed by atoms with Crippen molar-refractivity contribution in [3.63, 3.8) is 0 Å². The first-order valence-corrected chi connectivity index (χ1v) is 6.61. The maximum absolute atomic E-state index is 13.9. The molecule has 0 aliphatic heterocycles. The Balaban J connectivity index is 2.75. The summed E-state index contributed by atoms with van der Waals surface area (Å²) in [6.45, 7) is 5.99. The van der Waals surface area contributed by atoms with E-state index in [1.807, 2.05) is 13.8 Å². The quantitative estimate of drug-likeness (QED) is 0.843. The van der Waals surface area contributed by atoms with Crippen LogP contribution in [0, 0.1) is 5.82 Å². The van der Waals surface area contributed by atoms with E-state index in [9.17, 15) is 9.18 Å². The molecule has 0 aliphatic carbocycles. The maximum Gasteiger partial charge on any atom is 0.321 e. The van der Waals surface area contributed by atoms with Crippen LogP contribution >= 0.6 is 0 Å². The van der Waals surface area contributed by atoms with Crippen LogP contribution in [0.4, 0.5) is 14.9 Å². The molecule has 0 aliphatic rings. The van der Waals surface area contributed by atoms with Gasteiger partial charge in [0.05, 0.1) is 18.4 Å². The molecule has 0 saturated carbocycles. The predicted octanol–water partition coefficient (Wildman–Crippen LogP) is 2.46. The van der Waals surface area contributed by atoms with Gasteiger partial charge < -0.3 is 20.1 Å². The molecule has 0 aromatic heterocycles. The van der Waals surface area contributed by atoms with Crippen LogP contribution in [-0.2, 0) is 0 Å². The molecule has 0 bridgehead atoms. The van der Waals surface area contributed by atoms with Gasteiger partial charge in [-0.2, -0.15) is 0 Å². The van der Waals surface area contributed by atoms with Gasteiger partial charge in [0.15, 0.2) is 0 Å². The molecule has 0 spiro atoms. The van der Waals surface area contributed by atoms with E-state index in [4.69, 9.17) is 9.84 Å². The number of benzene rings is 1. The van der Waals surface area contributed by atoms with Crippen molar-refractivity contribution in [2.75, 3.05) is 25.0 Å². The molecule has 1 aromatic rings. The van der Waals surface area contributed by atoms with E-state index in [0.717, 1.165) is 0 Å². The molecule has 0 saturated heterocycles. The Morgan fingerprint density at radius 1 is 1.50 bits per heavy atom. The first kappa shape index (κ1) is 16.2. The van der Waals surface area contributed by atoms with Crippen LogP contribution in [0.3, 0.4) is 0 Å². The van der Waals surface area contributed by atoms with E-state index < -0.39 is 11.8 Å². The number of nitrogens with zero attached hydrogens (tertiary/aromatic N) is 1. The van der Waals surface area contributed by atoms with Crippen LogP contribution in [0.5, 0.6) is 5.75 Å². The molecule has 5 nitrogen and oxygen atoms in total. The predicted molar refractivity (Wildman–Crippen MR) is 75.5 cm³/mol. The SMILES string of the molecule is CCN(CCO)C(=O)Nc1ccc(OC(C)C)cc1F. The minimum atomic E-state index is -0.559. The molecule has 0 fully saturated rings. The lowest BCUT2D eigenvalue weighted by Crippen LogP contribution is -2.37. The standard InChI is InChI=1S/C14H21FN2O3/c1-4-17(7-8-18)14(19)16-13-6-5-11(9-12(13)15)20-10(2)3/h5-6,9-10,18H,4,7-8H2,1-3H3,(H,16,19). The van der Waals surface area contributed by atoms with Gasteiger partial charge in [-0.1, -0.05) is 0 Å². The van der Waals surface area contributed by atoms with Crippen molar-refractivity contribution in [2.45, 2.75) is 26.9 Å². The van der Waals surface area contributed by atoms with Gasteiger partial charge in [-0.05, 0) is 32.9 Å².